The van der Waals surface area contributed by atoms with E-state index in [2.05, 4.69) is 26.6 Å². The first-order chi connectivity index (χ1) is 9.56. The SMILES string of the molecule is Cc1cc(NC(=O)NCc2ccccc2Cl)ccc1Br. The van der Waals surface area contributed by atoms with E-state index in [0.717, 1.165) is 21.3 Å². The van der Waals surface area contributed by atoms with Crippen molar-refractivity contribution < 1.29 is 4.79 Å². The summed E-state index contributed by atoms with van der Waals surface area (Å²) >= 11 is 9.45. The molecule has 0 spiro atoms. The molecule has 2 aromatic rings. The molecule has 0 aromatic heterocycles. The second-order valence-electron chi connectivity index (χ2n) is 4.36. The van der Waals surface area contributed by atoms with Gasteiger partial charge in [0.1, 0.15) is 0 Å². The minimum atomic E-state index is -0.258. The van der Waals surface area contributed by atoms with Gasteiger partial charge in [0.15, 0.2) is 0 Å². The van der Waals surface area contributed by atoms with Gasteiger partial charge in [0.25, 0.3) is 0 Å². The highest BCUT2D eigenvalue weighted by Gasteiger charge is 2.04. The summed E-state index contributed by atoms with van der Waals surface area (Å²) in [6.07, 6.45) is 0. The zero-order valence-electron chi connectivity index (χ0n) is 10.9. The number of anilines is 1. The van der Waals surface area contributed by atoms with Gasteiger partial charge in [0.2, 0.25) is 0 Å². The van der Waals surface area contributed by atoms with Crippen molar-refractivity contribution in [3.63, 3.8) is 0 Å². The van der Waals surface area contributed by atoms with Gasteiger partial charge in [-0.25, -0.2) is 4.79 Å². The molecule has 3 nitrogen and oxygen atoms in total. The number of carbonyl (C=O) groups is 1. The summed E-state index contributed by atoms with van der Waals surface area (Å²) < 4.78 is 1.01. The highest BCUT2D eigenvalue weighted by molar-refractivity contribution is 9.10. The van der Waals surface area contributed by atoms with E-state index in [-0.39, 0.29) is 6.03 Å². The second kappa shape index (κ2) is 6.77. The van der Waals surface area contributed by atoms with Crippen LogP contribution in [-0.2, 0) is 6.54 Å². The van der Waals surface area contributed by atoms with Gasteiger partial charge in [-0.2, -0.15) is 0 Å². The fourth-order valence-electron chi connectivity index (χ4n) is 1.72. The average Bonchev–Trinajstić information content (AvgIpc) is 2.42. The normalized spacial score (nSPS) is 10.2. The molecule has 0 unspecified atom stereocenters. The molecule has 104 valence electrons. The second-order valence-corrected chi connectivity index (χ2v) is 5.62. The van der Waals surface area contributed by atoms with Crippen LogP contribution in [0.25, 0.3) is 0 Å². The van der Waals surface area contributed by atoms with Gasteiger partial charge in [-0.05, 0) is 42.3 Å². The summed E-state index contributed by atoms with van der Waals surface area (Å²) in [6.45, 7) is 2.36. The summed E-state index contributed by atoms with van der Waals surface area (Å²) in [5.74, 6) is 0. The number of urea groups is 1. The van der Waals surface area contributed by atoms with Crippen LogP contribution in [0.2, 0.25) is 5.02 Å². The van der Waals surface area contributed by atoms with Crippen molar-refractivity contribution >= 4 is 39.2 Å². The molecule has 2 N–H and O–H groups in total. The van der Waals surface area contributed by atoms with Crippen molar-refractivity contribution in [2.75, 3.05) is 5.32 Å². The van der Waals surface area contributed by atoms with E-state index < -0.39 is 0 Å². The van der Waals surface area contributed by atoms with E-state index in [0.29, 0.717) is 11.6 Å². The number of nitrogens with one attached hydrogen (secondary N) is 2. The third-order valence-electron chi connectivity index (χ3n) is 2.81. The maximum absolute atomic E-state index is 11.8. The molecule has 5 heteroatoms. The summed E-state index contributed by atoms with van der Waals surface area (Å²) in [4.78, 5) is 11.8. The molecule has 0 saturated heterocycles. The van der Waals surface area contributed by atoms with Crippen LogP contribution in [-0.4, -0.2) is 6.03 Å². The lowest BCUT2D eigenvalue weighted by Gasteiger charge is -2.09. The van der Waals surface area contributed by atoms with E-state index >= 15 is 0 Å². The summed E-state index contributed by atoms with van der Waals surface area (Å²) in [7, 11) is 0. The standard InChI is InChI=1S/C15H14BrClN2O/c1-10-8-12(6-7-13(10)16)19-15(20)18-9-11-4-2-3-5-14(11)17/h2-8H,9H2,1H3,(H2,18,19,20). The van der Waals surface area contributed by atoms with Gasteiger partial charge < -0.3 is 10.6 Å². The van der Waals surface area contributed by atoms with E-state index in [1.54, 1.807) is 6.07 Å². The summed E-state index contributed by atoms with van der Waals surface area (Å²) in [6, 6.07) is 12.8. The van der Waals surface area contributed by atoms with Crippen LogP contribution in [0.5, 0.6) is 0 Å². The Morgan fingerprint density at radius 2 is 2.00 bits per heavy atom. The Kier molecular flexibility index (Phi) is 5.04. The highest BCUT2D eigenvalue weighted by Crippen LogP contribution is 2.20. The molecular weight excluding hydrogens is 340 g/mol. The molecule has 0 fully saturated rings. The highest BCUT2D eigenvalue weighted by atomic mass is 79.9. The van der Waals surface area contributed by atoms with Crippen LogP contribution < -0.4 is 10.6 Å². The van der Waals surface area contributed by atoms with Crippen LogP contribution in [0, 0.1) is 6.92 Å². The maximum Gasteiger partial charge on any atom is 0.319 e. The fraction of sp³-hybridized carbons (Fsp3) is 0.133. The zero-order chi connectivity index (χ0) is 14.5. The summed E-state index contributed by atoms with van der Waals surface area (Å²) in [5.41, 5.74) is 2.70. The number of carbonyl (C=O) groups excluding carboxylic acids is 1. The zero-order valence-corrected chi connectivity index (χ0v) is 13.3. The predicted octanol–water partition coefficient (Wildman–Crippen LogP) is 4.73. The number of halogens is 2. The van der Waals surface area contributed by atoms with E-state index in [1.165, 1.54) is 0 Å². The largest absolute Gasteiger partial charge is 0.334 e. The molecule has 0 bridgehead atoms. The molecule has 20 heavy (non-hydrogen) atoms. The van der Waals surface area contributed by atoms with Crippen LogP contribution in [0.4, 0.5) is 10.5 Å². The Balaban J connectivity index is 1.93. The van der Waals surface area contributed by atoms with E-state index in [9.17, 15) is 4.79 Å². The number of amides is 2. The first kappa shape index (κ1) is 14.9. The van der Waals surface area contributed by atoms with Gasteiger partial charge in [-0.15, -0.1) is 0 Å². The van der Waals surface area contributed by atoms with Crippen molar-refractivity contribution in [1.82, 2.24) is 5.32 Å². The van der Waals surface area contributed by atoms with Crippen LogP contribution in [0.1, 0.15) is 11.1 Å². The Bertz CT molecular complexity index is 631. The van der Waals surface area contributed by atoms with Crippen molar-refractivity contribution in [3.05, 3.63) is 63.1 Å². The topological polar surface area (TPSA) is 41.1 Å². The van der Waals surface area contributed by atoms with E-state index in [4.69, 9.17) is 11.6 Å². The molecule has 0 heterocycles. The van der Waals surface area contributed by atoms with Crippen molar-refractivity contribution in [1.29, 1.82) is 0 Å². The Morgan fingerprint density at radius 3 is 2.70 bits per heavy atom. The molecule has 2 aromatic carbocycles. The quantitative estimate of drug-likeness (QED) is 0.822. The predicted molar refractivity (Wildman–Crippen MR) is 86.2 cm³/mol. The summed E-state index contributed by atoms with van der Waals surface area (Å²) in [5, 5.41) is 6.21. The smallest absolute Gasteiger partial charge is 0.319 e. The lowest BCUT2D eigenvalue weighted by molar-refractivity contribution is 0.252. The lowest BCUT2D eigenvalue weighted by Crippen LogP contribution is -2.28. The first-order valence-electron chi connectivity index (χ1n) is 6.10. The van der Waals surface area contributed by atoms with Crippen LogP contribution in [0.3, 0.4) is 0 Å². The van der Waals surface area contributed by atoms with Gasteiger partial charge in [0, 0.05) is 21.7 Å². The number of aryl methyl sites for hydroxylation is 1. The average molecular weight is 354 g/mol. The molecule has 0 aliphatic carbocycles. The fourth-order valence-corrected chi connectivity index (χ4v) is 2.16. The lowest BCUT2D eigenvalue weighted by atomic mass is 10.2. The number of hydrogen-bond donors (Lipinski definition) is 2. The monoisotopic (exact) mass is 352 g/mol. The molecule has 2 rings (SSSR count). The maximum atomic E-state index is 11.8. The Morgan fingerprint density at radius 1 is 1.25 bits per heavy atom. The van der Waals surface area contributed by atoms with Gasteiger partial charge in [0.05, 0.1) is 0 Å². The van der Waals surface area contributed by atoms with Crippen molar-refractivity contribution in [2.24, 2.45) is 0 Å². The minimum absolute atomic E-state index is 0.258. The molecule has 0 atom stereocenters. The Hall–Kier alpha value is -1.52. The number of benzene rings is 2. The molecule has 0 aliphatic rings. The molecule has 0 radical (unpaired) electrons. The molecule has 0 saturated carbocycles. The van der Waals surface area contributed by atoms with Gasteiger partial charge in [-0.1, -0.05) is 45.7 Å². The van der Waals surface area contributed by atoms with Crippen LogP contribution in [0.15, 0.2) is 46.9 Å². The van der Waals surface area contributed by atoms with Crippen LogP contribution >= 0.6 is 27.5 Å². The first-order valence-corrected chi connectivity index (χ1v) is 7.28. The number of rotatable bonds is 3. The third kappa shape index (κ3) is 3.99. The van der Waals surface area contributed by atoms with E-state index in [1.807, 2.05) is 43.3 Å². The Labute approximate surface area is 131 Å². The molecule has 0 aliphatic heterocycles. The van der Waals surface area contributed by atoms with Gasteiger partial charge in [-0.3, -0.25) is 0 Å². The van der Waals surface area contributed by atoms with Crippen molar-refractivity contribution in [3.8, 4) is 0 Å². The molecular formula is C15H14BrClN2O. The number of hydrogen-bond acceptors (Lipinski definition) is 1. The van der Waals surface area contributed by atoms with Crippen molar-refractivity contribution in [2.45, 2.75) is 13.5 Å². The van der Waals surface area contributed by atoms with Gasteiger partial charge >= 0.3 is 6.03 Å². The third-order valence-corrected chi connectivity index (χ3v) is 4.07. The minimum Gasteiger partial charge on any atom is -0.334 e. The molecule has 2 amide bonds.